The molecule has 0 rings (SSSR count). The van der Waals surface area contributed by atoms with Gasteiger partial charge in [-0.05, 0) is 34.9 Å². The number of aliphatic carboxylic acids is 2. The molecule has 0 radical (unpaired) electrons. The molecular formula is C11H22N2O4S. The maximum Gasteiger partial charge on any atom is 0.325 e. The Morgan fingerprint density at radius 2 is 1.72 bits per heavy atom. The normalized spacial score (nSPS) is 17.3. The van der Waals surface area contributed by atoms with E-state index in [0.29, 0.717) is 0 Å². The van der Waals surface area contributed by atoms with Crippen LogP contribution in [-0.2, 0) is 9.59 Å². The molecule has 0 saturated heterocycles. The Morgan fingerprint density at radius 3 is 2.00 bits per heavy atom. The standard InChI is InChI=1S/C11H22N2O4S/c1-10(2,18-6-7(12)8(14)15)11(3,9(16)17)13(4)5/h7H,6,12H2,1-5H3,(H,14,15)(H,16,17). The van der Waals surface area contributed by atoms with E-state index in [4.69, 9.17) is 10.8 Å². The molecule has 0 aliphatic rings. The highest BCUT2D eigenvalue weighted by Gasteiger charge is 2.50. The maximum atomic E-state index is 11.5. The zero-order valence-electron chi connectivity index (χ0n) is 11.4. The number of rotatable bonds is 7. The number of carboxylic acids is 2. The molecule has 0 spiro atoms. The van der Waals surface area contributed by atoms with Gasteiger partial charge in [-0.2, -0.15) is 11.8 Å². The van der Waals surface area contributed by atoms with Crippen molar-refractivity contribution in [1.82, 2.24) is 4.90 Å². The third-order valence-electron chi connectivity index (χ3n) is 3.42. The highest BCUT2D eigenvalue weighted by molar-refractivity contribution is 8.00. The highest BCUT2D eigenvalue weighted by Crippen LogP contribution is 2.39. The van der Waals surface area contributed by atoms with E-state index in [1.54, 1.807) is 39.8 Å². The average molecular weight is 278 g/mol. The van der Waals surface area contributed by atoms with Crippen LogP contribution in [0.5, 0.6) is 0 Å². The molecule has 0 aromatic carbocycles. The summed E-state index contributed by atoms with van der Waals surface area (Å²) in [5.41, 5.74) is 4.32. The summed E-state index contributed by atoms with van der Waals surface area (Å²) in [5, 5.41) is 18.1. The zero-order chi connectivity index (χ0) is 14.7. The number of thioether (sulfide) groups is 1. The van der Waals surface area contributed by atoms with E-state index in [2.05, 4.69) is 0 Å². The first-order chi connectivity index (χ1) is 7.96. The second kappa shape index (κ2) is 5.90. The van der Waals surface area contributed by atoms with Gasteiger partial charge in [-0.1, -0.05) is 0 Å². The lowest BCUT2D eigenvalue weighted by Gasteiger charge is -2.45. The summed E-state index contributed by atoms with van der Waals surface area (Å²) in [6.45, 7) is 5.18. The van der Waals surface area contributed by atoms with Crippen LogP contribution in [0.1, 0.15) is 20.8 Å². The van der Waals surface area contributed by atoms with Crippen LogP contribution in [0.15, 0.2) is 0 Å². The summed E-state index contributed by atoms with van der Waals surface area (Å²) >= 11 is 1.25. The Kier molecular flexibility index (Phi) is 5.64. The van der Waals surface area contributed by atoms with Crippen molar-refractivity contribution in [3.63, 3.8) is 0 Å². The first-order valence-corrected chi connectivity index (χ1v) is 6.48. The fourth-order valence-corrected chi connectivity index (χ4v) is 2.79. The number of carbonyl (C=O) groups is 2. The number of nitrogens with two attached hydrogens (primary N) is 1. The summed E-state index contributed by atoms with van der Waals surface area (Å²) in [7, 11) is 3.38. The van der Waals surface area contributed by atoms with Crippen molar-refractivity contribution < 1.29 is 19.8 Å². The average Bonchev–Trinajstić information content (AvgIpc) is 2.23. The van der Waals surface area contributed by atoms with Gasteiger partial charge in [0.1, 0.15) is 11.6 Å². The molecule has 0 aromatic heterocycles. The maximum absolute atomic E-state index is 11.5. The Bertz CT molecular complexity index is 333. The molecule has 106 valence electrons. The minimum absolute atomic E-state index is 0.166. The number of nitrogens with zero attached hydrogens (tertiary/aromatic N) is 1. The van der Waals surface area contributed by atoms with Gasteiger partial charge < -0.3 is 15.9 Å². The quantitative estimate of drug-likeness (QED) is 0.616. The predicted molar refractivity (Wildman–Crippen MR) is 71.9 cm³/mol. The predicted octanol–water partition coefficient (Wildman–Crippen LogP) is 0.315. The van der Waals surface area contributed by atoms with Crippen molar-refractivity contribution in [2.75, 3.05) is 19.8 Å². The van der Waals surface area contributed by atoms with Gasteiger partial charge in [-0.15, -0.1) is 0 Å². The molecule has 0 amide bonds. The molecular weight excluding hydrogens is 256 g/mol. The molecule has 7 heteroatoms. The van der Waals surface area contributed by atoms with E-state index in [9.17, 15) is 14.7 Å². The molecule has 4 N–H and O–H groups in total. The van der Waals surface area contributed by atoms with Crippen LogP contribution in [0.4, 0.5) is 0 Å². The highest BCUT2D eigenvalue weighted by atomic mass is 32.2. The van der Waals surface area contributed by atoms with Crippen LogP contribution in [0.25, 0.3) is 0 Å². The second-order valence-corrected chi connectivity index (χ2v) is 6.68. The second-order valence-electron chi connectivity index (χ2n) is 5.04. The van der Waals surface area contributed by atoms with Crippen molar-refractivity contribution in [2.45, 2.75) is 37.1 Å². The number of carboxylic acid groups (broad SMARTS) is 2. The molecule has 2 atom stereocenters. The van der Waals surface area contributed by atoms with Crippen molar-refractivity contribution in [3.05, 3.63) is 0 Å². The number of hydrogen-bond donors (Lipinski definition) is 3. The topological polar surface area (TPSA) is 104 Å². The van der Waals surface area contributed by atoms with Crippen molar-refractivity contribution in [2.24, 2.45) is 5.73 Å². The first kappa shape index (κ1) is 17.2. The third kappa shape index (κ3) is 3.37. The van der Waals surface area contributed by atoms with Gasteiger partial charge in [0.25, 0.3) is 0 Å². The minimum Gasteiger partial charge on any atom is -0.480 e. The number of hydrogen-bond acceptors (Lipinski definition) is 5. The van der Waals surface area contributed by atoms with Gasteiger partial charge in [0.2, 0.25) is 0 Å². The molecule has 0 aromatic rings. The molecule has 0 fully saturated rings. The number of likely N-dealkylation sites (N-methyl/N-ethyl adjacent to an activating group) is 1. The summed E-state index contributed by atoms with van der Waals surface area (Å²) in [4.78, 5) is 23.8. The fourth-order valence-electron chi connectivity index (χ4n) is 1.50. The van der Waals surface area contributed by atoms with Gasteiger partial charge in [-0.3, -0.25) is 14.5 Å². The van der Waals surface area contributed by atoms with Gasteiger partial charge >= 0.3 is 11.9 Å². The van der Waals surface area contributed by atoms with E-state index in [-0.39, 0.29) is 5.75 Å². The van der Waals surface area contributed by atoms with E-state index in [1.165, 1.54) is 11.8 Å². The van der Waals surface area contributed by atoms with Gasteiger partial charge in [0.05, 0.1) is 0 Å². The molecule has 18 heavy (non-hydrogen) atoms. The van der Waals surface area contributed by atoms with E-state index in [0.717, 1.165) is 0 Å². The molecule has 0 heterocycles. The Hall–Kier alpha value is -0.790. The summed E-state index contributed by atoms with van der Waals surface area (Å²) in [5.74, 6) is -1.87. The van der Waals surface area contributed by atoms with Gasteiger partial charge in [0, 0.05) is 10.5 Å². The van der Waals surface area contributed by atoms with Crippen molar-refractivity contribution in [3.8, 4) is 0 Å². The minimum atomic E-state index is -1.12. The molecule has 6 nitrogen and oxygen atoms in total. The Morgan fingerprint density at radius 1 is 1.28 bits per heavy atom. The molecule has 0 aliphatic heterocycles. The van der Waals surface area contributed by atoms with Crippen LogP contribution in [0.2, 0.25) is 0 Å². The Labute approximate surface area is 112 Å². The summed E-state index contributed by atoms with van der Waals surface area (Å²) in [6.07, 6.45) is 0. The SMILES string of the molecule is CN(C)C(C)(C(=O)O)C(C)(C)SCC(N)C(=O)O. The fraction of sp³-hybridized carbons (Fsp3) is 0.818. The van der Waals surface area contributed by atoms with Gasteiger partial charge in [0.15, 0.2) is 0 Å². The third-order valence-corrected chi connectivity index (χ3v) is 5.07. The lowest BCUT2D eigenvalue weighted by molar-refractivity contribution is -0.150. The largest absolute Gasteiger partial charge is 0.480 e. The van der Waals surface area contributed by atoms with Gasteiger partial charge in [-0.25, -0.2) is 0 Å². The first-order valence-electron chi connectivity index (χ1n) is 5.50. The van der Waals surface area contributed by atoms with Crippen LogP contribution in [0.3, 0.4) is 0 Å². The molecule has 0 bridgehead atoms. The molecule has 0 aliphatic carbocycles. The summed E-state index contributed by atoms with van der Waals surface area (Å²) in [6, 6.07) is -0.991. The van der Waals surface area contributed by atoms with Crippen molar-refractivity contribution in [1.29, 1.82) is 0 Å². The van der Waals surface area contributed by atoms with E-state index >= 15 is 0 Å². The monoisotopic (exact) mass is 278 g/mol. The van der Waals surface area contributed by atoms with E-state index < -0.39 is 28.3 Å². The zero-order valence-corrected chi connectivity index (χ0v) is 12.2. The lowest BCUT2D eigenvalue weighted by Crippen LogP contribution is -2.61. The lowest BCUT2D eigenvalue weighted by atomic mass is 9.86. The van der Waals surface area contributed by atoms with Crippen LogP contribution < -0.4 is 5.73 Å². The van der Waals surface area contributed by atoms with Crippen molar-refractivity contribution >= 4 is 23.7 Å². The van der Waals surface area contributed by atoms with Crippen LogP contribution >= 0.6 is 11.8 Å². The summed E-state index contributed by atoms with van der Waals surface area (Å²) < 4.78 is -0.685. The Balaban J connectivity index is 4.99. The smallest absolute Gasteiger partial charge is 0.325 e. The molecule has 0 saturated carbocycles. The van der Waals surface area contributed by atoms with Crippen LogP contribution in [0, 0.1) is 0 Å². The van der Waals surface area contributed by atoms with E-state index in [1.807, 2.05) is 0 Å². The molecule has 2 unspecified atom stereocenters. The van der Waals surface area contributed by atoms with Crippen LogP contribution in [-0.4, -0.2) is 63.2 Å².